The van der Waals surface area contributed by atoms with Gasteiger partial charge < -0.3 is 15.1 Å². The first kappa shape index (κ1) is 21.0. The smallest absolute Gasteiger partial charge is 0.209 e. The van der Waals surface area contributed by atoms with Crippen molar-refractivity contribution in [3.63, 3.8) is 0 Å². The van der Waals surface area contributed by atoms with Crippen LogP contribution < -0.4 is 10.2 Å². The number of halogens is 1. The maximum Gasteiger partial charge on any atom is 0.209 e. The van der Waals surface area contributed by atoms with Crippen LogP contribution in [0.25, 0.3) is 10.8 Å². The summed E-state index contributed by atoms with van der Waals surface area (Å²) in [7, 11) is 0.109. The number of hydrogen-bond donors (Lipinski definition) is 1. The van der Waals surface area contributed by atoms with Gasteiger partial charge in [0.25, 0.3) is 0 Å². The van der Waals surface area contributed by atoms with E-state index in [-0.39, 0.29) is 4.90 Å². The monoisotopic (exact) mass is 443 g/mol. The van der Waals surface area contributed by atoms with Gasteiger partial charge in [0, 0.05) is 54.7 Å². The van der Waals surface area contributed by atoms with E-state index in [0.29, 0.717) is 15.6 Å². The molecule has 4 rings (SSSR count). The topological polar surface area (TPSA) is 52.6 Å². The molecule has 0 aliphatic carbocycles. The van der Waals surface area contributed by atoms with Gasteiger partial charge in [-0.05, 0) is 43.8 Å². The van der Waals surface area contributed by atoms with Crippen molar-refractivity contribution in [3.8, 4) is 0 Å². The Morgan fingerprint density at radius 3 is 2.37 bits per heavy atom. The third-order valence-corrected chi connectivity index (χ3v) is 7.86. The summed E-state index contributed by atoms with van der Waals surface area (Å²) in [6.45, 7) is 5.73. The van der Waals surface area contributed by atoms with E-state index in [9.17, 15) is 8.42 Å². The highest BCUT2D eigenvalue weighted by molar-refractivity contribution is 7.92. The minimum atomic E-state index is -3.78. The molecule has 1 aliphatic rings. The zero-order valence-electron chi connectivity index (χ0n) is 17.4. The number of aryl methyl sites for hydroxylation is 1. The summed E-state index contributed by atoms with van der Waals surface area (Å²) in [4.78, 5) is 5.15. The normalized spacial score (nSPS) is 15.5. The van der Waals surface area contributed by atoms with E-state index < -0.39 is 9.84 Å². The molecule has 0 spiro atoms. The van der Waals surface area contributed by atoms with Crippen LogP contribution in [0.3, 0.4) is 0 Å². The van der Waals surface area contributed by atoms with E-state index in [2.05, 4.69) is 22.2 Å². The predicted molar refractivity (Wildman–Crippen MR) is 125 cm³/mol. The van der Waals surface area contributed by atoms with Crippen LogP contribution >= 0.6 is 11.6 Å². The summed E-state index contributed by atoms with van der Waals surface area (Å²) < 4.78 is 27.5. The summed E-state index contributed by atoms with van der Waals surface area (Å²) in [6, 6.07) is 14.4. The van der Waals surface area contributed by atoms with Crippen molar-refractivity contribution in [2.24, 2.45) is 0 Å². The number of benzene rings is 3. The van der Waals surface area contributed by atoms with E-state index >= 15 is 0 Å². The van der Waals surface area contributed by atoms with Gasteiger partial charge in [-0.3, -0.25) is 0 Å². The molecule has 3 aromatic rings. The Kier molecular flexibility index (Phi) is 5.66. The number of nitrogens with one attached hydrogen (secondary N) is 1. The number of rotatable bonds is 4. The number of piperazine rings is 1. The second kappa shape index (κ2) is 8.10. The molecule has 5 nitrogen and oxygen atoms in total. The van der Waals surface area contributed by atoms with Crippen molar-refractivity contribution < 1.29 is 8.42 Å². The van der Waals surface area contributed by atoms with Crippen molar-refractivity contribution in [2.75, 3.05) is 50.5 Å². The number of nitrogens with zero attached hydrogens (tertiary/aromatic N) is 2. The van der Waals surface area contributed by atoms with Gasteiger partial charge in [-0.2, -0.15) is 0 Å². The third kappa shape index (κ3) is 3.64. The van der Waals surface area contributed by atoms with Gasteiger partial charge in [0.1, 0.15) is 4.90 Å². The van der Waals surface area contributed by atoms with Crippen LogP contribution in [-0.2, 0) is 9.84 Å². The number of sulfone groups is 1. The highest BCUT2D eigenvalue weighted by Crippen LogP contribution is 2.42. The van der Waals surface area contributed by atoms with E-state index in [1.807, 2.05) is 31.2 Å². The second-order valence-electron chi connectivity index (χ2n) is 7.77. The fraction of sp³-hybridized carbons (Fsp3) is 0.304. The highest BCUT2D eigenvalue weighted by Gasteiger charge is 2.28. The fourth-order valence-corrected chi connectivity index (χ4v) is 6.14. The van der Waals surface area contributed by atoms with E-state index in [1.165, 1.54) is 6.07 Å². The zero-order valence-corrected chi connectivity index (χ0v) is 19.0. The quantitative estimate of drug-likeness (QED) is 0.646. The van der Waals surface area contributed by atoms with Crippen molar-refractivity contribution in [1.82, 2.24) is 4.90 Å². The lowest BCUT2D eigenvalue weighted by Gasteiger charge is -2.35. The molecule has 0 saturated carbocycles. The highest BCUT2D eigenvalue weighted by atomic mass is 35.5. The molecule has 0 radical (unpaired) electrons. The maximum absolute atomic E-state index is 13.7. The van der Waals surface area contributed by atoms with Crippen LogP contribution in [0.4, 0.5) is 11.4 Å². The lowest BCUT2D eigenvalue weighted by Crippen LogP contribution is -2.44. The average molecular weight is 444 g/mol. The molecule has 0 aromatic heterocycles. The molecule has 0 unspecified atom stereocenters. The molecule has 1 aliphatic heterocycles. The van der Waals surface area contributed by atoms with Gasteiger partial charge >= 0.3 is 0 Å². The number of fused-ring (bicyclic) bond motifs is 1. The number of hydrogen-bond acceptors (Lipinski definition) is 5. The summed E-state index contributed by atoms with van der Waals surface area (Å²) in [5.41, 5.74) is 2.60. The first-order chi connectivity index (χ1) is 14.3. The van der Waals surface area contributed by atoms with Crippen molar-refractivity contribution >= 4 is 43.6 Å². The van der Waals surface area contributed by atoms with Crippen LogP contribution in [0.5, 0.6) is 0 Å². The molecular formula is C23H26ClN3O2S. The Hall–Kier alpha value is -2.28. The van der Waals surface area contributed by atoms with Gasteiger partial charge in [-0.1, -0.05) is 35.9 Å². The fourth-order valence-electron chi connectivity index (χ4n) is 4.12. The van der Waals surface area contributed by atoms with Gasteiger partial charge in [0.2, 0.25) is 9.84 Å². The molecule has 0 amide bonds. The first-order valence-corrected chi connectivity index (χ1v) is 11.9. The Morgan fingerprint density at radius 1 is 1.00 bits per heavy atom. The molecule has 158 valence electrons. The second-order valence-corrected chi connectivity index (χ2v) is 10.1. The largest absolute Gasteiger partial charge is 0.387 e. The van der Waals surface area contributed by atoms with Gasteiger partial charge in [-0.15, -0.1) is 0 Å². The van der Waals surface area contributed by atoms with Crippen LogP contribution in [0.15, 0.2) is 58.3 Å². The third-order valence-electron chi connectivity index (χ3n) is 5.79. The van der Waals surface area contributed by atoms with Gasteiger partial charge in [-0.25, -0.2) is 8.42 Å². The SMILES string of the molecule is CNc1cc(N2CCN(C)CC2)c2cccc(C)c2c1S(=O)(=O)c1cccc(Cl)c1. The summed E-state index contributed by atoms with van der Waals surface area (Å²) >= 11 is 6.11. The molecule has 1 saturated heterocycles. The average Bonchev–Trinajstić information content (AvgIpc) is 2.73. The molecule has 1 heterocycles. The molecule has 30 heavy (non-hydrogen) atoms. The molecule has 0 atom stereocenters. The molecule has 7 heteroatoms. The Morgan fingerprint density at radius 2 is 1.70 bits per heavy atom. The minimum Gasteiger partial charge on any atom is -0.387 e. The van der Waals surface area contributed by atoms with Gasteiger partial charge in [0.15, 0.2) is 0 Å². The lowest BCUT2D eigenvalue weighted by atomic mass is 10.0. The number of anilines is 2. The van der Waals surface area contributed by atoms with E-state index in [4.69, 9.17) is 11.6 Å². The first-order valence-electron chi connectivity index (χ1n) is 10.0. The Bertz CT molecular complexity index is 1200. The minimum absolute atomic E-state index is 0.198. The van der Waals surface area contributed by atoms with Crippen LogP contribution in [0.2, 0.25) is 5.02 Å². The van der Waals surface area contributed by atoms with Crippen LogP contribution in [0, 0.1) is 6.92 Å². The molecule has 1 N–H and O–H groups in total. The molecule has 3 aromatic carbocycles. The van der Waals surface area contributed by atoms with Crippen LogP contribution in [0.1, 0.15) is 5.56 Å². The van der Waals surface area contributed by atoms with Gasteiger partial charge in [0.05, 0.1) is 10.6 Å². The summed E-state index contributed by atoms with van der Waals surface area (Å²) in [6.07, 6.45) is 0. The standard InChI is InChI=1S/C23H26ClN3O2S/c1-16-6-4-9-19-21(27-12-10-26(3)11-13-27)15-20(25-2)23(22(16)19)30(28,29)18-8-5-7-17(24)14-18/h4-9,14-15,25H,10-13H2,1-3H3. The Labute approximate surface area is 183 Å². The maximum atomic E-state index is 13.7. The summed E-state index contributed by atoms with van der Waals surface area (Å²) in [5, 5.41) is 5.26. The number of likely N-dealkylation sites (N-methyl/N-ethyl adjacent to an activating group) is 1. The van der Waals surface area contributed by atoms with E-state index in [1.54, 1.807) is 25.2 Å². The molecule has 0 bridgehead atoms. The van der Waals surface area contributed by atoms with Crippen molar-refractivity contribution in [3.05, 3.63) is 59.1 Å². The van der Waals surface area contributed by atoms with Crippen molar-refractivity contribution in [2.45, 2.75) is 16.7 Å². The molecular weight excluding hydrogens is 418 g/mol. The van der Waals surface area contributed by atoms with E-state index in [0.717, 1.165) is 48.2 Å². The summed E-state index contributed by atoms with van der Waals surface area (Å²) in [5.74, 6) is 0. The predicted octanol–water partition coefficient (Wildman–Crippen LogP) is 4.43. The van der Waals surface area contributed by atoms with Crippen molar-refractivity contribution in [1.29, 1.82) is 0 Å². The van der Waals surface area contributed by atoms with Crippen LogP contribution in [-0.4, -0.2) is 53.6 Å². The molecule has 1 fully saturated rings. The lowest BCUT2D eigenvalue weighted by molar-refractivity contribution is 0.313. The zero-order chi connectivity index (χ0) is 21.5. The Balaban J connectivity index is 2.01.